The van der Waals surface area contributed by atoms with E-state index in [9.17, 15) is 0 Å². The Morgan fingerprint density at radius 1 is 1.00 bits per heavy atom. The third-order valence-electron chi connectivity index (χ3n) is 3.60. The first kappa shape index (κ1) is 11.0. The maximum atomic E-state index is 4.67. The first-order chi connectivity index (χ1) is 9.38. The molecule has 0 saturated heterocycles. The Balaban J connectivity index is 1.66. The first-order valence-electron chi connectivity index (χ1n) is 6.63. The van der Waals surface area contributed by atoms with Gasteiger partial charge in [0.15, 0.2) is 5.13 Å². The molecule has 94 valence electrons. The zero-order valence-corrected chi connectivity index (χ0v) is 11.3. The number of hydrogen-bond acceptors (Lipinski definition) is 3. The molecule has 0 spiro atoms. The van der Waals surface area contributed by atoms with Crippen LogP contribution < -0.4 is 5.32 Å². The normalized spacial score (nSPS) is 13.7. The molecular formula is C16H14N2S. The van der Waals surface area contributed by atoms with Crippen molar-refractivity contribution in [1.82, 2.24) is 4.98 Å². The van der Waals surface area contributed by atoms with E-state index in [-0.39, 0.29) is 0 Å². The lowest BCUT2D eigenvalue weighted by Crippen LogP contribution is -1.90. The summed E-state index contributed by atoms with van der Waals surface area (Å²) in [4.78, 5) is 6.13. The van der Waals surface area contributed by atoms with Crippen molar-refractivity contribution >= 4 is 32.9 Å². The minimum Gasteiger partial charge on any atom is -0.332 e. The van der Waals surface area contributed by atoms with E-state index in [2.05, 4.69) is 52.8 Å². The Labute approximate surface area is 116 Å². The van der Waals surface area contributed by atoms with Gasteiger partial charge in [-0.15, -0.1) is 11.3 Å². The standard InChI is InChI=1S/C16H14N2S/c1-2-5-12-10-13(9-8-11(12)4-1)17-16-18-14-6-3-7-15(14)19-16/h1-2,4-5,8-10H,3,6-7H2,(H,17,18). The van der Waals surface area contributed by atoms with Gasteiger partial charge in [0.1, 0.15) is 0 Å². The number of nitrogens with zero attached hydrogens (tertiary/aromatic N) is 1. The van der Waals surface area contributed by atoms with Crippen LogP contribution in [0.15, 0.2) is 42.5 Å². The molecule has 0 aliphatic heterocycles. The molecule has 0 atom stereocenters. The first-order valence-corrected chi connectivity index (χ1v) is 7.44. The molecule has 1 aromatic heterocycles. The summed E-state index contributed by atoms with van der Waals surface area (Å²) in [7, 11) is 0. The molecule has 2 nitrogen and oxygen atoms in total. The number of rotatable bonds is 2. The number of benzene rings is 2. The molecule has 0 amide bonds. The molecular weight excluding hydrogens is 252 g/mol. The molecule has 0 radical (unpaired) electrons. The molecule has 0 bridgehead atoms. The topological polar surface area (TPSA) is 24.9 Å². The zero-order chi connectivity index (χ0) is 12.7. The predicted octanol–water partition coefficient (Wildman–Crippen LogP) is 4.53. The Morgan fingerprint density at radius 3 is 2.79 bits per heavy atom. The van der Waals surface area contributed by atoms with Crippen molar-refractivity contribution in [1.29, 1.82) is 0 Å². The van der Waals surface area contributed by atoms with Gasteiger partial charge in [-0.3, -0.25) is 0 Å². The van der Waals surface area contributed by atoms with E-state index in [0.717, 1.165) is 17.2 Å². The molecule has 1 N–H and O–H groups in total. The monoisotopic (exact) mass is 266 g/mol. The van der Waals surface area contributed by atoms with Crippen molar-refractivity contribution in [2.45, 2.75) is 19.3 Å². The van der Waals surface area contributed by atoms with Crippen LogP contribution in [-0.4, -0.2) is 4.98 Å². The summed E-state index contributed by atoms with van der Waals surface area (Å²) in [6.07, 6.45) is 3.61. The highest BCUT2D eigenvalue weighted by Gasteiger charge is 2.16. The van der Waals surface area contributed by atoms with Crippen LogP contribution in [0.2, 0.25) is 0 Å². The SMILES string of the molecule is c1ccc2cc(Nc3nc4c(s3)CCC4)ccc2c1. The van der Waals surface area contributed by atoms with Gasteiger partial charge in [-0.05, 0) is 42.2 Å². The molecule has 0 saturated carbocycles. The van der Waals surface area contributed by atoms with E-state index >= 15 is 0 Å². The largest absolute Gasteiger partial charge is 0.332 e. The smallest absolute Gasteiger partial charge is 0.187 e. The lowest BCUT2D eigenvalue weighted by atomic mass is 10.1. The quantitative estimate of drug-likeness (QED) is 0.737. The number of hydrogen-bond donors (Lipinski definition) is 1. The second-order valence-corrected chi connectivity index (χ2v) is 6.01. The summed E-state index contributed by atoms with van der Waals surface area (Å²) in [6, 6.07) is 14.9. The Bertz CT molecular complexity index is 724. The Morgan fingerprint density at radius 2 is 1.89 bits per heavy atom. The molecule has 19 heavy (non-hydrogen) atoms. The number of aryl methyl sites for hydroxylation is 2. The van der Waals surface area contributed by atoms with E-state index in [0.29, 0.717) is 0 Å². The average Bonchev–Trinajstić information content (AvgIpc) is 2.99. The molecule has 0 unspecified atom stereocenters. The van der Waals surface area contributed by atoms with Crippen molar-refractivity contribution in [2.75, 3.05) is 5.32 Å². The highest BCUT2D eigenvalue weighted by molar-refractivity contribution is 7.15. The number of fused-ring (bicyclic) bond motifs is 2. The number of aromatic nitrogens is 1. The molecule has 1 heterocycles. The zero-order valence-electron chi connectivity index (χ0n) is 10.5. The summed E-state index contributed by atoms with van der Waals surface area (Å²) in [5.41, 5.74) is 2.42. The van der Waals surface area contributed by atoms with Crippen molar-refractivity contribution in [3.63, 3.8) is 0 Å². The van der Waals surface area contributed by atoms with Crippen LogP contribution in [0, 0.1) is 0 Å². The maximum absolute atomic E-state index is 4.67. The van der Waals surface area contributed by atoms with Gasteiger partial charge in [0.2, 0.25) is 0 Å². The molecule has 1 aliphatic carbocycles. The maximum Gasteiger partial charge on any atom is 0.187 e. The molecule has 0 fully saturated rings. The fraction of sp³-hybridized carbons (Fsp3) is 0.188. The third-order valence-corrected chi connectivity index (χ3v) is 4.67. The van der Waals surface area contributed by atoms with Gasteiger partial charge in [-0.25, -0.2) is 4.98 Å². The molecule has 1 aliphatic rings. The van der Waals surface area contributed by atoms with Crippen LogP contribution in [0.1, 0.15) is 17.0 Å². The van der Waals surface area contributed by atoms with Gasteiger partial charge in [0, 0.05) is 10.6 Å². The summed E-state index contributed by atoms with van der Waals surface area (Å²) >= 11 is 1.80. The third kappa shape index (κ3) is 2.00. The van der Waals surface area contributed by atoms with Crippen molar-refractivity contribution in [3.05, 3.63) is 53.0 Å². The van der Waals surface area contributed by atoms with Gasteiger partial charge >= 0.3 is 0 Å². The van der Waals surface area contributed by atoms with Crippen molar-refractivity contribution in [2.24, 2.45) is 0 Å². The van der Waals surface area contributed by atoms with Crippen LogP contribution >= 0.6 is 11.3 Å². The Hall–Kier alpha value is -1.87. The molecule has 3 aromatic rings. The fourth-order valence-corrected chi connectivity index (χ4v) is 3.70. The van der Waals surface area contributed by atoms with Crippen LogP contribution in [0.3, 0.4) is 0 Å². The molecule has 2 aromatic carbocycles. The highest BCUT2D eigenvalue weighted by atomic mass is 32.1. The summed E-state index contributed by atoms with van der Waals surface area (Å²) in [5, 5.41) is 6.99. The van der Waals surface area contributed by atoms with Crippen molar-refractivity contribution < 1.29 is 0 Å². The van der Waals surface area contributed by atoms with E-state index < -0.39 is 0 Å². The van der Waals surface area contributed by atoms with Crippen LogP contribution in [-0.2, 0) is 12.8 Å². The number of anilines is 2. The van der Waals surface area contributed by atoms with Crippen LogP contribution in [0.25, 0.3) is 10.8 Å². The molecule has 4 rings (SSSR count). The summed E-state index contributed by atoms with van der Waals surface area (Å²) in [6.45, 7) is 0. The highest BCUT2D eigenvalue weighted by Crippen LogP contribution is 2.32. The minimum absolute atomic E-state index is 1.03. The van der Waals surface area contributed by atoms with Crippen LogP contribution in [0.5, 0.6) is 0 Å². The van der Waals surface area contributed by atoms with E-state index in [1.165, 1.54) is 34.2 Å². The van der Waals surface area contributed by atoms with Gasteiger partial charge < -0.3 is 5.32 Å². The van der Waals surface area contributed by atoms with Gasteiger partial charge in [-0.1, -0.05) is 30.3 Å². The van der Waals surface area contributed by atoms with Crippen molar-refractivity contribution in [3.8, 4) is 0 Å². The van der Waals surface area contributed by atoms with Gasteiger partial charge in [0.25, 0.3) is 0 Å². The Kier molecular flexibility index (Phi) is 2.52. The van der Waals surface area contributed by atoms with E-state index in [1.54, 1.807) is 11.3 Å². The minimum atomic E-state index is 1.03. The van der Waals surface area contributed by atoms with E-state index in [1.807, 2.05) is 0 Å². The van der Waals surface area contributed by atoms with Gasteiger partial charge in [-0.2, -0.15) is 0 Å². The second kappa shape index (κ2) is 4.35. The predicted molar refractivity (Wildman–Crippen MR) is 81.4 cm³/mol. The molecule has 3 heteroatoms. The average molecular weight is 266 g/mol. The number of nitrogens with one attached hydrogen (secondary N) is 1. The lowest BCUT2D eigenvalue weighted by Gasteiger charge is -2.04. The fourth-order valence-electron chi connectivity index (χ4n) is 2.63. The summed E-state index contributed by atoms with van der Waals surface area (Å²) in [5.74, 6) is 0. The summed E-state index contributed by atoms with van der Waals surface area (Å²) < 4.78 is 0. The lowest BCUT2D eigenvalue weighted by molar-refractivity contribution is 0.900. The second-order valence-electron chi connectivity index (χ2n) is 4.93. The number of thiazole rings is 1. The van der Waals surface area contributed by atoms with Gasteiger partial charge in [0.05, 0.1) is 5.69 Å². The van der Waals surface area contributed by atoms with E-state index in [4.69, 9.17) is 0 Å². The van der Waals surface area contributed by atoms with Crippen LogP contribution in [0.4, 0.5) is 10.8 Å².